The van der Waals surface area contributed by atoms with Gasteiger partial charge in [0.1, 0.15) is 11.4 Å². The van der Waals surface area contributed by atoms with E-state index in [0.717, 1.165) is 0 Å². The van der Waals surface area contributed by atoms with Crippen LogP contribution < -0.4 is 5.32 Å². The number of rotatable bonds is 4. The molecule has 1 aromatic carbocycles. The molecule has 0 radical (unpaired) electrons. The topological polar surface area (TPSA) is 67.8 Å². The summed E-state index contributed by atoms with van der Waals surface area (Å²) in [7, 11) is 0. The molecule has 0 heterocycles. The van der Waals surface area contributed by atoms with Crippen molar-refractivity contribution in [2.75, 3.05) is 5.32 Å². The lowest BCUT2D eigenvalue weighted by atomic mass is 10.2. The minimum atomic E-state index is -0.551. The molecular weight excluding hydrogens is 258 g/mol. The Labute approximate surface area is 119 Å². The third-order valence-corrected chi connectivity index (χ3v) is 2.30. The highest BCUT2D eigenvalue weighted by Gasteiger charge is 2.16. The van der Waals surface area contributed by atoms with Gasteiger partial charge in [-0.25, -0.2) is 4.79 Å². The average Bonchev–Trinajstić information content (AvgIpc) is 2.27. The van der Waals surface area contributed by atoms with E-state index in [1.54, 1.807) is 32.9 Å². The van der Waals surface area contributed by atoms with Gasteiger partial charge in [-0.15, -0.1) is 0 Å². The van der Waals surface area contributed by atoms with Gasteiger partial charge in [-0.2, -0.15) is 0 Å². The van der Waals surface area contributed by atoms with E-state index in [-0.39, 0.29) is 18.5 Å². The predicted molar refractivity (Wildman–Crippen MR) is 77.9 cm³/mol. The van der Waals surface area contributed by atoms with Crippen LogP contribution in [0.15, 0.2) is 18.2 Å². The van der Waals surface area contributed by atoms with Gasteiger partial charge in [0.2, 0.25) is 0 Å². The molecule has 0 fully saturated rings. The maximum Gasteiger partial charge on any atom is 0.412 e. The number of hydrogen-bond acceptors (Lipinski definition) is 4. The summed E-state index contributed by atoms with van der Waals surface area (Å²) in [5.41, 5.74) is 0.622. The van der Waals surface area contributed by atoms with Crippen LogP contribution in [0.5, 0.6) is 5.75 Å². The van der Waals surface area contributed by atoms with E-state index >= 15 is 0 Å². The van der Waals surface area contributed by atoms with Crippen LogP contribution in [-0.2, 0) is 16.1 Å². The zero-order valence-corrected chi connectivity index (χ0v) is 12.7. The highest BCUT2D eigenvalue weighted by Crippen LogP contribution is 2.23. The molecule has 5 nitrogen and oxygen atoms in total. The highest BCUT2D eigenvalue weighted by atomic mass is 16.6. The largest absolute Gasteiger partial charge is 0.508 e. The van der Waals surface area contributed by atoms with Crippen LogP contribution in [0.1, 0.15) is 40.2 Å². The number of hydrogen-bond donors (Lipinski definition) is 2. The lowest BCUT2D eigenvalue weighted by molar-refractivity contribution is 0.0628. The first-order valence-corrected chi connectivity index (χ1v) is 6.61. The molecule has 0 unspecified atom stereocenters. The van der Waals surface area contributed by atoms with E-state index < -0.39 is 11.7 Å². The maximum atomic E-state index is 11.7. The number of aromatic hydroxyl groups is 1. The van der Waals surface area contributed by atoms with Crippen LogP contribution in [0.25, 0.3) is 0 Å². The minimum absolute atomic E-state index is 0.0665. The van der Waals surface area contributed by atoms with E-state index in [1.807, 2.05) is 13.8 Å². The molecule has 0 saturated carbocycles. The van der Waals surface area contributed by atoms with E-state index in [4.69, 9.17) is 9.47 Å². The normalized spacial score (nSPS) is 11.5. The summed E-state index contributed by atoms with van der Waals surface area (Å²) in [6, 6.07) is 4.80. The van der Waals surface area contributed by atoms with E-state index in [2.05, 4.69) is 5.32 Å². The molecule has 0 aliphatic rings. The molecule has 0 bridgehead atoms. The number of carbonyl (C=O) groups is 1. The van der Waals surface area contributed by atoms with Crippen LogP contribution >= 0.6 is 0 Å². The van der Waals surface area contributed by atoms with Crippen LogP contribution in [0.4, 0.5) is 10.5 Å². The Morgan fingerprint density at radius 3 is 2.55 bits per heavy atom. The summed E-state index contributed by atoms with van der Waals surface area (Å²) in [5.74, 6) is 0.139. The summed E-state index contributed by atoms with van der Waals surface area (Å²) in [6.07, 6.45) is -0.462. The van der Waals surface area contributed by atoms with Gasteiger partial charge in [0, 0.05) is 11.3 Å². The second-order valence-corrected chi connectivity index (χ2v) is 5.83. The maximum absolute atomic E-state index is 11.7. The first-order chi connectivity index (χ1) is 9.17. The molecule has 2 N–H and O–H groups in total. The first-order valence-electron chi connectivity index (χ1n) is 6.61. The average molecular weight is 281 g/mol. The lowest BCUT2D eigenvalue weighted by Gasteiger charge is -2.20. The number of benzene rings is 1. The lowest BCUT2D eigenvalue weighted by Crippen LogP contribution is -2.27. The number of anilines is 1. The Morgan fingerprint density at radius 2 is 2.00 bits per heavy atom. The molecule has 1 aromatic rings. The fourth-order valence-electron chi connectivity index (χ4n) is 1.46. The van der Waals surface area contributed by atoms with Crippen LogP contribution in [0.3, 0.4) is 0 Å². The second kappa shape index (κ2) is 6.61. The number of amides is 1. The molecule has 0 aromatic heterocycles. The summed E-state index contributed by atoms with van der Waals surface area (Å²) in [6.45, 7) is 9.51. The summed E-state index contributed by atoms with van der Waals surface area (Å²) >= 11 is 0. The zero-order valence-electron chi connectivity index (χ0n) is 12.7. The van der Waals surface area contributed by atoms with Gasteiger partial charge in [-0.05, 0) is 52.8 Å². The van der Waals surface area contributed by atoms with Crippen LogP contribution in [-0.4, -0.2) is 22.9 Å². The Hall–Kier alpha value is -1.75. The molecule has 1 rings (SSSR count). The quantitative estimate of drug-likeness (QED) is 0.826. The van der Waals surface area contributed by atoms with Gasteiger partial charge in [-0.3, -0.25) is 5.32 Å². The summed E-state index contributed by atoms with van der Waals surface area (Å²) < 4.78 is 10.6. The predicted octanol–water partition coefficient (Wildman–Crippen LogP) is 3.66. The molecule has 5 heteroatoms. The van der Waals surface area contributed by atoms with Gasteiger partial charge < -0.3 is 14.6 Å². The van der Waals surface area contributed by atoms with Gasteiger partial charge in [0.25, 0.3) is 0 Å². The van der Waals surface area contributed by atoms with Crippen molar-refractivity contribution in [1.82, 2.24) is 0 Å². The van der Waals surface area contributed by atoms with E-state index in [0.29, 0.717) is 11.3 Å². The fourth-order valence-corrected chi connectivity index (χ4v) is 1.46. The molecule has 0 spiro atoms. The molecule has 0 atom stereocenters. The number of phenols is 1. The minimum Gasteiger partial charge on any atom is -0.508 e. The summed E-state index contributed by atoms with van der Waals surface area (Å²) in [5, 5.41) is 12.4. The third kappa shape index (κ3) is 5.93. The molecule has 20 heavy (non-hydrogen) atoms. The molecule has 112 valence electrons. The standard InChI is InChI=1S/C15H23NO4/c1-10(2)19-9-11-8-12(6-7-13(11)17)16-14(18)20-15(3,4)5/h6-8,10,17H,9H2,1-5H3,(H,16,18). The molecule has 0 aliphatic carbocycles. The van der Waals surface area contributed by atoms with Gasteiger partial charge in [-0.1, -0.05) is 0 Å². The van der Waals surface area contributed by atoms with Crippen molar-refractivity contribution in [3.8, 4) is 5.75 Å². The Bertz CT molecular complexity index is 463. The van der Waals surface area contributed by atoms with Gasteiger partial charge >= 0.3 is 6.09 Å². The second-order valence-electron chi connectivity index (χ2n) is 5.83. The van der Waals surface area contributed by atoms with Crippen molar-refractivity contribution < 1.29 is 19.4 Å². The van der Waals surface area contributed by atoms with Crippen molar-refractivity contribution in [2.45, 2.75) is 52.9 Å². The SMILES string of the molecule is CC(C)OCc1cc(NC(=O)OC(C)(C)C)ccc1O. The smallest absolute Gasteiger partial charge is 0.412 e. The first kappa shape index (κ1) is 16.3. The molecule has 0 saturated heterocycles. The Kier molecular flexibility index (Phi) is 5.39. The van der Waals surface area contributed by atoms with Gasteiger partial charge in [0.15, 0.2) is 0 Å². The number of phenolic OH excluding ortho intramolecular Hbond substituents is 1. The van der Waals surface area contributed by atoms with Crippen LogP contribution in [0, 0.1) is 0 Å². The Morgan fingerprint density at radius 1 is 1.35 bits per heavy atom. The zero-order chi connectivity index (χ0) is 15.3. The van der Waals surface area contributed by atoms with E-state index in [9.17, 15) is 9.90 Å². The number of ether oxygens (including phenoxy) is 2. The fraction of sp³-hybridized carbons (Fsp3) is 0.533. The Balaban J connectivity index is 2.72. The molecule has 1 amide bonds. The monoisotopic (exact) mass is 281 g/mol. The van der Waals surface area contributed by atoms with Crippen molar-refractivity contribution in [3.05, 3.63) is 23.8 Å². The van der Waals surface area contributed by atoms with Crippen molar-refractivity contribution >= 4 is 11.8 Å². The number of nitrogens with one attached hydrogen (secondary N) is 1. The van der Waals surface area contributed by atoms with Crippen molar-refractivity contribution in [3.63, 3.8) is 0 Å². The third-order valence-electron chi connectivity index (χ3n) is 2.30. The van der Waals surface area contributed by atoms with Gasteiger partial charge in [0.05, 0.1) is 12.7 Å². The van der Waals surface area contributed by atoms with Crippen molar-refractivity contribution in [1.29, 1.82) is 0 Å². The molecular formula is C15H23NO4. The van der Waals surface area contributed by atoms with E-state index in [1.165, 1.54) is 6.07 Å². The molecule has 0 aliphatic heterocycles. The van der Waals surface area contributed by atoms with Crippen molar-refractivity contribution in [2.24, 2.45) is 0 Å². The van der Waals surface area contributed by atoms with Crippen LogP contribution in [0.2, 0.25) is 0 Å². The number of carbonyl (C=O) groups excluding carboxylic acids is 1. The summed E-state index contributed by atoms with van der Waals surface area (Å²) in [4.78, 5) is 11.7. The highest BCUT2D eigenvalue weighted by molar-refractivity contribution is 5.85.